The molecule has 0 saturated heterocycles. The molecule has 5 aromatic carbocycles. The Hall–Kier alpha value is -5.11. The van der Waals surface area contributed by atoms with E-state index in [0.29, 0.717) is 5.56 Å². The minimum Gasteiger partial charge on any atom is -0.507 e. The quantitative estimate of drug-likeness (QED) is 0.175. The standard InChI is InChI=1S/C48H41N2O.Pt/c1-30-24-31(2)46(32(3)25-30)34-21-22-39(44(51)27-34)43-29-36(47(4,5)6)28-42(50-43)33-14-13-15-35(26-33)48(45-20-11-12-23-49-45)40-18-9-7-16-37(40)38-17-8-10-19-41(38)48;/h7-25,27-29,51H,1-6H3;/q-1;. The molecule has 0 fully saturated rings. The predicted molar refractivity (Wildman–Crippen MR) is 209 cm³/mol. The van der Waals surface area contributed by atoms with Crippen LogP contribution in [0.25, 0.3) is 44.8 Å². The van der Waals surface area contributed by atoms with Crippen molar-refractivity contribution in [3.63, 3.8) is 0 Å². The molecule has 0 bridgehead atoms. The zero-order valence-electron chi connectivity index (χ0n) is 30.4. The number of phenols is 1. The summed E-state index contributed by atoms with van der Waals surface area (Å²) >= 11 is 0. The Morgan fingerprint density at radius 1 is 0.635 bits per heavy atom. The number of aromatic hydroxyl groups is 1. The van der Waals surface area contributed by atoms with E-state index in [1.54, 1.807) is 0 Å². The van der Waals surface area contributed by atoms with Gasteiger partial charge in [-0.25, -0.2) is 0 Å². The van der Waals surface area contributed by atoms with Gasteiger partial charge in [-0.2, -0.15) is 0 Å². The molecule has 52 heavy (non-hydrogen) atoms. The molecule has 3 nitrogen and oxygen atoms in total. The fourth-order valence-electron chi connectivity index (χ4n) is 8.14. The molecule has 0 aliphatic heterocycles. The molecule has 2 aromatic heterocycles. The van der Waals surface area contributed by atoms with Crippen LogP contribution in [0.3, 0.4) is 0 Å². The second-order valence-electron chi connectivity index (χ2n) is 14.9. The van der Waals surface area contributed by atoms with Crippen LogP contribution in [-0.2, 0) is 31.9 Å². The van der Waals surface area contributed by atoms with Crippen LogP contribution in [0.4, 0.5) is 0 Å². The number of hydrogen-bond acceptors (Lipinski definition) is 3. The zero-order chi connectivity index (χ0) is 35.5. The molecular formula is C48H41N2OPt-. The molecule has 8 rings (SSSR count). The van der Waals surface area contributed by atoms with Crippen molar-refractivity contribution in [1.82, 2.24) is 9.97 Å². The third-order valence-electron chi connectivity index (χ3n) is 10.4. The minimum absolute atomic E-state index is 0. The van der Waals surface area contributed by atoms with Crippen LogP contribution >= 0.6 is 0 Å². The van der Waals surface area contributed by atoms with Crippen LogP contribution in [-0.4, -0.2) is 15.1 Å². The first-order valence-electron chi connectivity index (χ1n) is 17.6. The van der Waals surface area contributed by atoms with Crippen molar-refractivity contribution < 1.29 is 26.2 Å². The maximum absolute atomic E-state index is 11.6. The number of rotatable bonds is 5. The summed E-state index contributed by atoms with van der Waals surface area (Å²) in [5.41, 5.74) is 16.0. The van der Waals surface area contributed by atoms with Gasteiger partial charge in [0.2, 0.25) is 0 Å². The average Bonchev–Trinajstić information content (AvgIpc) is 3.42. The summed E-state index contributed by atoms with van der Waals surface area (Å²) in [7, 11) is 0. The molecule has 7 aromatic rings. The zero-order valence-corrected chi connectivity index (χ0v) is 32.6. The fraction of sp³-hybridized carbons (Fsp3) is 0.167. The first kappa shape index (κ1) is 35.3. The molecule has 1 aliphatic rings. The number of pyridine rings is 2. The molecule has 0 spiro atoms. The van der Waals surface area contributed by atoms with Crippen LogP contribution in [0.5, 0.6) is 5.75 Å². The number of nitrogens with zero attached hydrogens (tertiary/aromatic N) is 2. The van der Waals surface area contributed by atoms with Gasteiger partial charge in [0.25, 0.3) is 0 Å². The summed E-state index contributed by atoms with van der Waals surface area (Å²) in [6.45, 7) is 13.0. The molecule has 0 amide bonds. The molecular weight excluding hydrogens is 816 g/mol. The molecule has 0 saturated carbocycles. The van der Waals surface area contributed by atoms with E-state index in [-0.39, 0.29) is 32.2 Å². The summed E-state index contributed by atoms with van der Waals surface area (Å²) in [6, 6.07) is 48.4. The summed E-state index contributed by atoms with van der Waals surface area (Å²) in [4.78, 5) is 10.2. The van der Waals surface area contributed by atoms with Crippen molar-refractivity contribution in [3.05, 3.63) is 184 Å². The van der Waals surface area contributed by atoms with E-state index >= 15 is 0 Å². The summed E-state index contributed by atoms with van der Waals surface area (Å²) in [6.07, 6.45) is 1.88. The third-order valence-corrected chi connectivity index (χ3v) is 10.4. The topological polar surface area (TPSA) is 46.0 Å². The fourth-order valence-corrected chi connectivity index (χ4v) is 8.14. The van der Waals surface area contributed by atoms with Gasteiger partial charge in [-0.3, -0.25) is 9.97 Å². The van der Waals surface area contributed by atoms with Crippen LogP contribution in [0, 0.1) is 26.8 Å². The van der Waals surface area contributed by atoms with Gasteiger partial charge in [0, 0.05) is 32.8 Å². The second kappa shape index (κ2) is 13.5. The Morgan fingerprint density at radius 3 is 1.88 bits per heavy atom. The first-order valence-corrected chi connectivity index (χ1v) is 17.6. The molecule has 2 heterocycles. The van der Waals surface area contributed by atoms with Crippen LogP contribution in [0.15, 0.2) is 134 Å². The number of benzene rings is 5. The van der Waals surface area contributed by atoms with Crippen molar-refractivity contribution in [1.29, 1.82) is 0 Å². The third kappa shape index (κ3) is 5.82. The van der Waals surface area contributed by atoms with Gasteiger partial charge >= 0.3 is 0 Å². The largest absolute Gasteiger partial charge is 0.507 e. The van der Waals surface area contributed by atoms with Crippen molar-refractivity contribution in [2.75, 3.05) is 0 Å². The average molecular weight is 857 g/mol. The first-order chi connectivity index (χ1) is 24.6. The van der Waals surface area contributed by atoms with Crippen molar-refractivity contribution >= 4 is 0 Å². The number of aryl methyl sites for hydroxylation is 3. The van der Waals surface area contributed by atoms with E-state index in [0.717, 1.165) is 44.9 Å². The Balaban J connectivity index is 0.00000420. The predicted octanol–water partition coefficient (Wildman–Crippen LogP) is 11.6. The Morgan fingerprint density at radius 2 is 1.27 bits per heavy atom. The normalized spacial score (nSPS) is 12.9. The summed E-state index contributed by atoms with van der Waals surface area (Å²) < 4.78 is 0. The van der Waals surface area contributed by atoms with Gasteiger partial charge < -0.3 is 5.11 Å². The van der Waals surface area contributed by atoms with Crippen molar-refractivity contribution in [2.45, 2.75) is 52.4 Å². The van der Waals surface area contributed by atoms with E-state index in [4.69, 9.17) is 9.97 Å². The Labute approximate surface area is 321 Å². The van der Waals surface area contributed by atoms with Gasteiger partial charge in [0.1, 0.15) is 5.75 Å². The van der Waals surface area contributed by atoms with E-state index in [2.05, 4.69) is 157 Å². The van der Waals surface area contributed by atoms with Crippen molar-refractivity contribution in [2.24, 2.45) is 0 Å². The maximum Gasteiger partial charge on any atom is 0.125 e. The van der Waals surface area contributed by atoms with E-state index < -0.39 is 5.41 Å². The Kier molecular flexibility index (Phi) is 9.14. The van der Waals surface area contributed by atoms with Gasteiger partial charge in [-0.05, 0) is 112 Å². The number of phenolic OH excluding ortho intramolecular Hbond substituents is 1. The van der Waals surface area contributed by atoms with Crippen LogP contribution in [0.2, 0.25) is 0 Å². The van der Waals surface area contributed by atoms with Gasteiger partial charge in [0.15, 0.2) is 0 Å². The minimum atomic E-state index is -0.657. The van der Waals surface area contributed by atoms with E-state index in [9.17, 15) is 5.11 Å². The maximum atomic E-state index is 11.6. The molecule has 4 heteroatoms. The molecule has 1 N–H and O–H groups in total. The molecule has 0 atom stereocenters. The molecule has 0 unspecified atom stereocenters. The summed E-state index contributed by atoms with van der Waals surface area (Å²) in [5.74, 6) is 0.211. The molecule has 0 radical (unpaired) electrons. The number of hydrogen-bond donors (Lipinski definition) is 1. The van der Waals surface area contributed by atoms with Gasteiger partial charge in [0.05, 0.1) is 16.8 Å². The van der Waals surface area contributed by atoms with Gasteiger partial charge in [-0.15, -0.1) is 35.4 Å². The van der Waals surface area contributed by atoms with Crippen LogP contribution < -0.4 is 0 Å². The SMILES string of the molecule is Cc1cc(C)c(-c2ccc(-c3cc(C(C)(C)C)cc(-c4[c-]c(C5(c6ccccn6)c6ccccc6-c6ccccc65)ccc4)n3)c(O)c2)c(C)c1.[Pt]. The van der Waals surface area contributed by atoms with Gasteiger partial charge in [-0.1, -0.05) is 105 Å². The van der Waals surface area contributed by atoms with E-state index in [1.165, 1.54) is 38.9 Å². The second-order valence-corrected chi connectivity index (χ2v) is 14.9. The molecule has 1 aliphatic carbocycles. The van der Waals surface area contributed by atoms with Crippen LogP contribution in [0.1, 0.15) is 65.4 Å². The Bertz CT molecular complexity index is 2390. The monoisotopic (exact) mass is 856 g/mol. The van der Waals surface area contributed by atoms with Crippen molar-refractivity contribution in [3.8, 4) is 50.5 Å². The van der Waals surface area contributed by atoms with E-state index in [1.807, 2.05) is 24.4 Å². The smallest absolute Gasteiger partial charge is 0.125 e. The number of aromatic nitrogens is 2. The molecule has 260 valence electrons. The summed E-state index contributed by atoms with van der Waals surface area (Å²) in [5, 5.41) is 11.6. The number of fused-ring (bicyclic) bond motifs is 3.